The number of aldehydes is 1. The van der Waals surface area contributed by atoms with Gasteiger partial charge in [0.25, 0.3) is 0 Å². The number of allylic oxidation sites excluding steroid dienone is 6. The Balaban J connectivity index is 3.72. The van der Waals surface area contributed by atoms with Crippen LogP contribution in [0, 0.1) is 0 Å². The second kappa shape index (κ2) is 11.7. The van der Waals surface area contributed by atoms with Crippen molar-refractivity contribution in [3.8, 4) is 0 Å². The van der Waals surface area contributed by atoms with Crippen LogP contribution in [0.25, 0.3) is 0 Å². The molecule has 0 spiro atoms. The highest BCUT2D eigenvalue weighted by molar-refractivity contribution is 5.65. The fraction of sp³-hybridized carbons (Fsp3) is 0.357. The summed E-state index contributed by atoms with van der Waals surface area (Å²) in [6, 6.07) is 0. The Morgan fingerprint density at radius 3 is 2.50 bits per heavy atom. The molecular weight excluding hydrogens is 200 g/mol. The lowest BCUT2D eigenvalue weighted by Gasteiger charge is -1.98. The summed E-state index contributed by atoms with van der Waals surface area (Å²) in [4.78, 5) is 9.94. The van der Waals surface area contributed by atoms with Crippen LogP contribution in [0.3, 0.4) is 0 Å². The number of carbonyl (C=O) groups is 1. The molecule has 2 nitrogen and oxygen atoms in total. The zero-order valence-electron chi connectivity index (χ0n) is 9.75. The minimum absolute atomic E-state index is 0.466. The summed E-state index contributed by atoms with van der Waals surface area (Å²) in [5.41, 5.74) is 0. The molecule has 0 aromatic carbocycles. The Morgan fingerprint density at radius 1 is 1.06 bits per heavy atom. The third-order valence-corrected chi connectivity index (χ3v) is 1.85. The molecule has 0 saturated carbocycles. The van der Waals surface area contributed by atoms with E-state index in [-0.39, 0.29) is 0 Å². The summed E-state index contributed by atoms with van der Waals surface area (Å²) in [5.74, 6) is 0. The van der Waals surface area contributed by atoms with Gasteiger partial charge in [-0.05, 0) is 18.9 Å². The molecule has 0 radical (unpaired) electrons. The molecule has 0 saturated heterocycles. The predicted molar refractivity (Wildman–Crippen MR) is 68.2 cm³/mol. The van der Waals surface area contributed by atoms with E-state index in [2.05, 4.69) is 13.0 Å². The van der Waals surface area contributed by atoms with E-state index >= 15 is 0 Å². The highest BCUT2D eigenvalue weighted by Gasteiger charge is 1.92. The lowest BCUT2D eigenvalue weighted by atomic mass is 10.2. The van der Waals surface area contributed by atoms with Crippen molar-refractivity contribution in [2.45, 2.75) is 32.3 Å². The Hall–Kier alpha value is -1.41. The van der Waals surface area contributed by atoms with Gasteiger partial charge in [0, 0.05) is 0 Å². The molecule has 88 valence electrons. The molecule has 0 aromatic rings. The van der Waals surface area contributed by atoms with Gasteiger partial charge >= 0.3 is 0 Å². The average Bonchev–Trinajstić information content (AvgIpc) is 2.28. The fourth-order valence-electron chi connectivity index (χ4n) is 1.02. The molecule has 0 aliphatic heterocycles. The van der Waals surface area contributed by atoms with Gasteiger partial charge in [0.1, 0.15) is 6.29 Å². The maximum Gasteiger partial charge on any atom is 0.142 e. The van der Waals surface area contributed by atoms with Crippen molar-refractivity contribution < 1.29 is 9.90 Å². The van der Waals surface area contributed by atoms with Crippen LogP contribution >= 0.6 is 0 Å². The molecule has 16 heavy (non-hydrogen) atoms. The molecule has 0 aromatic heterocycles. The second-order valence-corrected chi connectivity index (χ2v) is 3.35. The van der Waals surface area contributed by atoms with Crippen LogP contribution in [0.2, 0.25) is 0 Å². The molecule has 0 heterocycles. The lowest BCUT2D eigenvalue weighted by molar-refractivity contribution is -0.104. The number of rotatable bonds is 8. The first kappa shape index (κ1) is 14.6. The standard InChI is InChI=1S/C14H20O2/c1-2-3-4-5-8-11-14(16)12-9-6-7-10-13-15/h4-11,13-14,16H,2-3,12H2,1H3. The molecule has 0 bridgehead atoms. The van der Waals surface area contributed by atoms with E-state index < -0.39 is 6.10 Å². The van der Waals surface area contributed by atoms with E-state index in [1.165, 1.54) is 6.08 Å². The number of carbonyl (C=O) groups excluding carboxylic acids is 1. The summed E-state index contributed by atoms with van der Waals surface area (Å²) < 4.78 is 0. The van der Waals surface area contributed by atoms with Gasteiger partial charge in [-0.3, -0.25) is 4.79 Å². The molecule has 1 atom stereocenters. The molecule has 1 unspecified atom stereocenters. The van der Waals surface area contributed by atoms with Gasteiger partial charge in [0.15, 0.2) is 0 Å². The van der Waals surface area contributed by atoms with Gasteiger partial charge in [-0.2, -0.15) is 0 Å². The van der Waals surface area contributed by atoms with Crippen LogP contribution in [0.15, 0.2) is 48.6 Å². The summed E-state index contributed by atoms with van der Waals surface area (Å²) in [6.45, 7) is 2.13. The molecular formula is C14H20O2. The van der Waals surface area contributed by atoms with Gasteiger partial charge < -0.3 is 5.11 Å². The normalized spacial score (nSPS) is 14.6. The third kappa shape index (κ3) is 10.7. The average molecular weight is 220 g/mol. The number of aliphatic hydroxyl groups is 1. The Labute approximate surface area is 97.7 Å². The van der Waals surface area contributed by atoms with Crippen molar-refractivity contribution in [2.24, 2.45) is 0 Å². The van der Waals surface area contributed by atoms with E-state index in [1.54, 1.807) is 18.2 Å². The second-order valence-electron chi connectivity index (χ2n) is 3.35. The minimum Gasteiger partial charge on any atom is -0.389 e. The Kier molecular flexibility index (Phi) is 10.6. The smallest absolute Gasteiger partial charge is 0.142 e. The quantitative estimate of drug-likeness (QED) is 0.388. The zero-order valence-corrected chi connectivity index (χ0v) is 9.75. The van der Waals surface area contributed by atoms with Crippen molar-refractivity contribution in [3.63, 3.8) is 0 Å². The van der Waals surface area contributed by atoms with Crippen LogP contribution < -0.4 is 0 Å². The molecule has 0 rings (SSSR count). The number of unbranched alkanes of at least 4 members (excludes halogenated alkanes) is 1. The molecule has 0 aliphatic carbocycles. The van der Waals surface area contributed by atoms with Crippen molar-refractivity contribution >= 4 is 6.29 Å². The minimum atomic E-state index is -0.466. The largest absolute Gasteiger partial charge is 0.389 e. The highest BCUT2D eigenvalue weighted by Crippen LogP contribution is 1.97. The van der Waals surface area contributed by atoms with E-state index in [1.807, 2.05) is 18.2 Å². The van der Waals surface area contributed by atoms with E-state index in [0.717, 1.165) is 19.1 Å². The van der Waals surface area contributed by atoms with Gasteiger partial charge in [0.2, 0.25) is 0 Å². The molecule has 0 fully saturated rings. The molecule has 0 amide bonds. The number of hydrogen-bond donors (Lipinski definition) is 1. The summed E-state index contributed by atoms with van der Waals surface area (Å²) in [6.07, 6.45) is 17.3. The number of hydrogen-bond acceptors (Lipinski definition) is 2. The molecule has 2 heteroatoms. The topological polar surface area (TPSA) is 37.3 Å². The zero-order chi connectivity index (χ0) is 12.1. The third-order valence-electron chi connectivity index (χ3n) is 1.85. The maximum absolute atomic E-state index is 9.94. The van der Waals surface area contributed by atoms with Crippen LogP contribution in [0.1, 0.15) is 26.2 Å². The van der Waals surface area contributed by atoms with E-state index in [9.17, 15) is 9.90 Å². The first-order chi connectivity index (χ1) is 7.81. The van der Waals surface area contributed by atoms with Crippen LogP contribution in [-0.2, 0) is 4.79 Å². The van der Waals surface area contributed by atoms with Crippen molar-refractivity contribution in [1.82, 2.24) is 0 Å². The number of aliphatic hydroxyl groups excluding tert-OH is 1. The van der Waals surface area contributed by atoms with Gasteiger partial charge in [-0.15, -0.1) is 0 Å². The van der Waals surface area contributed by atoms with E-state index in [4.69, 9.17) is 0 Å². The van der Waals surface area contributed by atoms with Crippen LogP contribution in [-0.4, -0.2) is 17.5 Å². The Morgan fingerprint density at radius 2 is 1.81 bits per heavy atom. The lowest BCUT2D eigenvalue weighted by Crippen LogP contribution is -1.98. The molecule has 1 N–H and O–H groups in total. The van der Waals surface area contributed by atoms with E-state index in [0.29, 0.717) is 6.42 Å². The summed E-state index contributed by atoms with van der Waals surface area (Å²) in [7, 11) is 0. The summed E-state index contributed by atoms with van der Waals surface area (Å²) in [5, 5.41) is 9.50. The fourth-order valence-corrected chi connectivity index (χ4v) is 1.02. The SMILES string of the molecule is CCCC=CC=CC(O)CC=CC=CC=O. The molecule has 0 aliphatic rings. The van der Waals surface area contributed by atoms with Crippen LogP contribution in [0.4, 0.5) is 0 Å². The van der Waals surface area contributed by atoms with Crippen molar-refractivity contribution in [2.75, 3.05) is 0 Å². The monoisotopic (exact) mass is 220 g/mol. The summed E-state index contributed by atoms with van der Waals surface area (Å²) >= 11 is 0. The van der Waals surface area contributed by atoms with Gasteiger partial charge in [-0.1, -0.05) is 55.9 Å². The van der Waals surface area contributed by atoms with Crippen LogP contribution in [0.5, 0.6) is 0 Å². The first-order valence-electron chi connectivity index (χ1n) is 5.59. The Bertz CT molecular complexity index is 272. The van der Waals surface area contributed by atoms with Crippen molar-refractivity contribution in [3.05, 3.63) is 48.6 Å². The first-order valence-corrected chi connectivity index (χ1v) is 5.59. The predicted octanol–water partition coefficient (Wildman–Crippen LogP) is 2.96. The highest BCUT2D eigenvalue weighted by atomic mass is 16.3. The van der Waals surface area contributed by atoms with Gasteiger partial charge in [-0.25, -0.2) is 0 Å². The van der Waals surface area contributed by atoms with Gasteiger partial charge in [0.05, 0.1) is 6.10 Å². The maximum atomic E-state index is 9.94. The van der Waals surface area contributed by atoms with Crippen molar-refractivity contribution in [1.29, 1.82) is 0 Å².